The van der Waals surface area contributed by atoms with Gasteiger partial charge in [-0.05, 0) is 28.0 Å². The Hall–Kier alpha value is -2.24. The highest BCUT2D eigenvalue weighted by Gasteiger charge is 2.05. The van der Waals surface area contributed by atoms with Crippen molar-refractivity contribution < 1.29 is 9.90 Å². The van der Waals surface area contributed by atoms with E-state index in [4.69, 9.17) is 5.11 Å². The zero-order valence-electron chi connectivity index (χ0n) is 9.15. The van der Waals surface area contributed by atoms with Crippen molar-refractivity contribution in [1.29, 1.82) is 0 Å². The van der Waals surface area contributed by atoms with Crippen molar-refractivity contribution in [3.05, 3.63) is 41.7 Å². The fraction of sp³-hybridized carbons (Fsp3) is 0.273. The third kappa shape index (κ3) is 3.10. The molecule has 0 unspecified atom stereocenters. The number of aryl methyl sites for hydroxylation is 1. The smallest absolute Gasteiger partial charge is 0.303 e. The van der Waals surface area contributed by atoms with E-state index in [9.17, 15) is 4.79 Å². The number of tetrazole rings is 1. The Morgan fingerprint density at radius 3 is 2.71 bits per heavy atom. The lowest BCUT2D eigenvalue weighted by Gasteiger charge is -2.07. The first-order chi connectivity index (χ1) is 8.25. The zero-order valence-corrected chi connectivity index (χ0v) is 9.15. The van der Waals surface area contributed by atoms with E-state index in [1.54, 1.807) is 4.68 Å². The van der Waals surface area contributed by atoms with Crippen molar-refractivity contribution >= 4 is 5.97 Å². The summed E-state index contributed by atoms with van der Waals surface area (Å²) < 4.78 is 1.61. The normalized spacial score (nSPS) is 10.4. The Morgan fingerprint density at radius 2 is 2.06 bits per heavy atom. The third-order valence-corrected chi connectivity index (χ3v) is 2.45. The first kappa shape index (κ1) is 11.3. The van der Waals surface area contributed by atoms with Gasteiger partial charge in [0.2, 0.25) is 0 Å². The number of aliphatic carboxylic acids is 1. The van der Waals surface area contributed by atoms with Crippen LogP contribution < -0.4 is 0 Å². The monoisotopic (exact) mass is 232 g/mol. The largest absolute Gasteiger partial charge is 0.481 e. The van der Waals surface area contributed by atoms with Crippen LogP contribution in [0, 0.1) is 0 Å². The van der Waals surface area contributed by atoms with E-state index in [0.717, 1.165) is 11.1 Å². The van der Waals surface area contributed by atoms with Gasteiger partial charge in [0.1, 0.15) is 6.33 Å². The molecule has 6 heteroatoms. The Morgan fingerprint density at radius 1 is 1.29 bits per heavy atom. The SMILES string of the molecule is O=C(O)CCc1ccccc1Cn1cnnn1. The number of rotatable bonds is 5. The first-order valence-corrected chi connectivity index (χ1v) is 5.25. The van der Waals surface area contributed by atoms with Crippen LogP contribution in [-0.2, 0) is 17.8 Å². The fourth-order valence-electron chi connectivity index (χ4n) is 1.62. The molecule has 0 fully saturated rings. The van der Waals surface area contributed by atoms with E-state index in [1.807, 2.05) is 24.3 Å². The molecule has 0 spiro atoms. The van der Waals surface area contributed by atoms with Crippen LogP contribution in [-0.4, -0.2) is 31.3 Å². The van der Waals surface area contributed by atoms with E-state index < -0.39 is 5.97 Å². The van der Waals surface area contributed by atoms with Gasteiger partial charge in [-0.2, -0.15) is 0 Å². The lowest BCUT2D eigenvalue weighted by molar-refractivity contribution is -0.136. The summed E-state index contributed by atoms with van der Waals surface area (Å²) in [5.74, 6) is -0.790. The van der Waals surface area contributed by atoms with Gasteiger partial charge in [-0.1, -0.05) is 24.3 Å². The maximum absolute atomic E-state index is 10.6. The van der Waals surface area contributed by atoms with Gasteiger partial charge in [0.25, 0.3) is 0 Å². The number of hydrogen-bond acceptors (Lipinski definition) is 4. The molecule has 0 saturated heterocycles. The van der Waals surface area contributed by atoms with Crippen LogP contribution in [0.5, 0.6) is 0 Å². The lowest BCUT2D eigenvalue weighted by Crippen LogP contribution is -2.05. The molecule has 0 bridgehead atoms. The van der Waals surface area contributed by atoms with Gasteiger partial charge < -0.3 is 5.11 Å². The summed E-state index contributed by atoms with van der Waals surface area (Å²) in [6.45, 7) is 0.558. The van der Waals surface area contributed by atoms with E-state index in [1.165, 1.54) is 6.33 Å². The van der Waals surface area contributed by atoms with Gasteiger partial charge in [-0.25, -0.2) is 4.68 Å². The molecule has 1 aromatic carbocycles. The highest BCUT2D eigenvalue weighted by atomic mass is 16.4. The molecule has 0 aliphatic heterocycles. The van der Waals surface area contributed by atoms with Gasteiger partial charge in [0.05, 0.1) is 6.54 Å². The number of carboxylic acids is 1. The summed E-state index contributed by atoms with van der Waals surface area (Å²) in [7, 11) is 0. The van der Waals surface area contributed by atoms with Crippen LogP contribution >= 0.6 is 0 Å². The first-order valence-electron chi connectivity index (χ1n) is 5.25. The number of aromatic nitrogens is 4. The Labute approximate surface area is 97.9 Å². The Balaban J connectivity index is 2.13. The number of nitrogens with zero attached hydrogens (tertiary/aromatic N) is 4. The topological polar surface area (TPSA) is 80.9 Å². The molecule has 2 aromatic rings. The van der Waals surface area contributed by atoms with Gasteiger partial charge in [0, 0.05) is 6.42 Å². The standard InChI is InChI=1S/C11H12N4O2/c16-11(17)6-5-9-3-1-2-4-10(9)7-15-8-12-13-14-15/h1-4,8H,5-7H2,(H,16,17). The second-order valence-electron chi connectivity index (χ2n) is 3.67. The molecule has 0 atom stereocenters. The Bertz CT molecular complexity index is 496. The van der Waals surface area contributed by atoms with Gasteiger partial charge in [-0.15, -0.1) is 5.10 Å². The molecule has 2 rings (SSSR count). The van der Waals surface area contributed by atoms with E-state index in [0.29, 0.717) is 13.0 Å². The number of hydrogen-bond donors (Lipinski definition) is 1. The van der Waals surface area contributed by atoms with Crippen molar-refractivity contribution in [3.63, 3.8) is 0 Å². The molecule has 1 heterocycles. The molecular formula is C11H12N4O2. The Kier molecular flexibility index (Phi) is 3.44. The van der Waals surface area contributed by atoms with Gasteiger partial charge >= 0.3 is 5.97 Å². The van der Waals surface area contributed by atoms with Crippen molar-refractivity contribution in [2.24, 2.45) is 0 Å². The molecule has 17 heavy (non-hydrogen) atoms. The zero-order chi connectivity index (χ0) is 12.1. The number of carbonyl (C=O) groups is 1. The van der Waals surface area contributed by atoms with E-state index in [2.05, 4.69) is 15.5 Å². The summed E-state index contributed by atoms with van der Waals surface area (Å²) in [6, 6.07) is 7.71. The molecule has 1 N–H and O–H groups in total. The minimum Gasteiger partial charge on any atom is -0.481 e. The van der Waals surface area contributed by atoms with Gasteiger partial charge in [-0.3, -0.25) is 4.79 Å². The summed E-state index contributed by atoms with van der Waals surface area (Å²) in [5.41, 5.74) is 2.06. The summed E-state index contributed by atoms with van der Waals surface area (Å²) >= 11 is 0. The molecule has 0 aliphatic rings. The van der Waals surface area contributed by atoms with Crippen LogP contribution in [0.25, 0.3) is 0 Å². The maximum Gasteiger partial charge on any atom is 0.303 e. The predicted molar refractivity (Wildman–Crippen MR) is 59.3 cm³/mol. The second kappa shape index (κ2) is 5.20. The maximum atomic E-state index is 10.6. The summed E-state index contributed by atoms with van der Waals surface area (Å²) in [5, 5.41) is 19.6. The third-order valence-electron chi connectivity index (χ3n) is 2.45. The minimum atomic E-state index is -0.790. The number of benzene rings is 1. The van der Waals surface area contributed by atoms with Crippen molar-refractivity contribution in [1.82, 2.24) is 20.2 Å². The molecule has 0 aliphatic carbocycles. The van der Waals surface area contributed by atoms with E-state index in [-0.39, 0.29) is 6.42 Å². The molecule has 0 amide bonds. The molecule has 6 nitrogen and oxygen atoms in total. The molecule has 1 aromatic heterocycles. The van der Waals surface area contributed by atoms with Crippen molar-refractivity contribution in [2.45, 2.75) is 19.4 Å². The molecule has 0 saturated carbocycles. The van der Waals surface area contributed by atoms with Crippen molar-refractivity contribution in [2.75, 3.05) is 0 Å². The quantitative estimate of drug-likeness (QED) is 0.822. The highest BCUT2D eigenvalue weighted by Crippen LogP contribution is 2.12. The average molecular weight is 232 g/mol. The van der Waals surface area contributed by atoms with E-state index >= 15 is 0 Å². The van der Waals surface area contributed by atoms with Crippen LogP contribution in [0.3, 0.4) is 0 Å². The highest BCUT2D eigenvalue weighted by molar-refractivity contribution is 5.67. The van der Waals surface area contributed by atoms with Crippen LogP contribution in [0.2, 0.25) is 0 Å². The van der Waals surface area contributed by atoms with Crippen LogP contribution in [0.15, 0.2) is 30.6 Å². The van der Waals surface area contributed by atoms with Crippen LogP contribution in [0.4, 0.5) is 0 Å². The average Bonchev–Trinajstić information content (AvgIpc) is 2.80. The van der Waals surface area contributed by atoms with Gasteiger partial charge in [0.15, 0.2) is 0 Å². The summed E-state index contributed by atoms with van der Waals surface area (Å²) in [4.78, 5) is 10.6. The predicted octanol–water partition coefficient (Wildman–Crippen LogP) is 0.739. The van der Waals surface area contributed by atoms with Crippen LogP contribution in [0.1, 0.15) is 17.5 Å². The molecular weight excluding hydrogens is 220 g/mol. The van der Waals surface area contributed by atoms with Crippen molar-refractivity contribution in [3.8, 4) is 0 Å². The molecule has 88 valence electrons. The number of carboxylic acid groups (broad SMARTS) is 1. The second-order valence-corrected chi connectivity index (χ2v) is 3.67. The summed E-state index contributed by atoms with van der Waals surface area (Å²) in [6.07, 6.45) is 2.19. The fourth-order valence-corrected chi connectivity index (χ4v) is 1.62. The molecule has 0 radical (unpaired) electrons. The lowest BCUT2D eigenvalue weighted by atomic mass is 10.0. The minimum absolute atomic E-state index is 0.132.